The van der Waals surface area contributed by atoms with Gasteiger partial charge in [0, 0.05) is 24.0 Å². The molecular weight excluding hydrogens is 617 g/mol. The molecule has 10 heteroatoms. The molecule has 2 amide bonds. The quantitative estimate of drug-likeness (QED) is 0.173. The van der Waals surface area contributed by atoms with E-state index in [2.05, 4.69) is 5.32 Å². The molecule has 230 valence electrons. The van der Waals surface area contributed by atoms with Crippen molar-refractivity contribution in [2.24, 2.45) is 0 Å². The van der Waals surface area contributed by atoms with Crippen LogP contribution < -0.4 is 9.62 Å². The number of carbonyl (C=O) groups excluding carboxylic acids is 2. The number of hydrogen-bond acceptors (Lipinski definition) is 4. The van der Waals surface area contributed by atoms with E-state index < -0.39 is 28.5 Å². The highest BCUT2D eigenvalue weighted by molar-refractivity contribution is 7.92. The van der Waals surface area contributed by atoms with Crippen molar-refractivity contribution in [2.75, 3.05) is 10.8 Å². The number of anilines is 1. The molecule has 0 aromatic heterocycles. The fraction of sp³-hybridized carbons (Fsp3) is 0.235. The van der Waals surface area contributed by atoms with E-state index in [0.29, 0.717) is 17.0 Å². The number of amides is 2. The van der Waals surface area contributed by atoms with Crippen LogP contribution in [0.2, 0.25) is 10.0 Å². The van der Waals surface area contributed by atoms with Crippen LogP contribution in [0.4, 0.5) is 5.69 Å². The molecule has 1 N–H and O–H groups in total. The Morgan fingerprint density at radius 1 is 0.818 bits per heavy atom. The number of carbonyl (C=O) groups is 2. The molecule has 0 aliphatic carbocycles. The molecule has 0 radical (unpaired) electrons. The third kappa shape index (κ3) is 8.40. The van der Waals surface area contributed by atoms with E-state index >= 15 is 0 Å². The highest BCUT2D eigenvalue weighted by atomic mass is 35.5. The third-order valence-corrected chi connectivity index (χ3v) is 9.57. The molecule has 2 atom stereocenters. The van der Waals surface area contributed by atoms with Gasteiger partial charge in [-0.05, 0) is 60.9 Å². The van der Waals surface area contributed by atoms with Crippen molar-refractivity contribution >= 4 is 50.7 Å². The van der Waals surface area contributed by atoms with Crippen LogP contribution in [0.5, 0.6) is 0 Å². The molecule has 0 heterocycles. The van der Waals surface area contributed by atoms with Gasteiger partial charge in [-0.25, -0.2) is 8.42 Å². The summed E-state index contributed by atoms with van der Waals surface area (Å²) >= 11 is 12.8. The summed E-state index contributed by atoms with van der Waals surface area (Å²) in [5.41, 5.74) is 1.69. The first kappa shape index (κ1) is 33.1. The lowest BCUT2D eigenvalue weighted by molar-refractivity contribution is -0.140. The Balaban J connectivity index is 1.81. The van der Waals surface area contributed by atoms with E-state index in [1.54, 1.807) is 60.7 Å². The van der Waals surface area contributed by atoms with Crippen LogP contribution >= 0.6 is 23.2 Å². The van der Waals surface area contributed by atoms with Crippen LogP contribution in [-0.2, 0) is 32.6 Å². The van der Waals surface area contributed by atoms with Crippen molar-refractivity contribution in [2.45, 2.75) is 50.2 Å². The summed E-state index contributed by atoms with van der Waals surface area (Å²) in [4.78, 5) is 29.8. The first-order chi connectivity index (χ1) is 21.1. The maximum Gasteiger partial charge on any atom is 0.264 e. The second-order valence-corrected chi connectivity index (χ2v) is 13.2. The largest absolute Gasteiger partial charge is 0.352 e. The molecule has 4 aromatic carbocycles. The Hall–Kier alpha value is -3.85. The fourth-order valence-electron chi connectivity index (χ4n) is 4.71. The van der Waals surface area contributed by atoms with E-state index in [0.717, 1.165) is 9.87 Å². The maximum absolute atomic E-state index is 14.5. The van der Waals surface area contributed by atoms with Crippen molar-refractivity contribution in [1.29, 1.82) is 0 Å². The first-order valence-corrected chi connectivity index (χ1v) is 16.5. The van der Waals surface area contributed by atoms with E-state index in [-0.39, 0.29) is 40.5 Å². The molecule has 4 aromatic rings. The summed E-state index contributed by atoms with van der Waals surface area (Å²) in [5, 5.41) is 3.66. The van der Waals surface area contributed by atoms with Crippen molar-refractivity contribution < 1.29 is 18.0 Å². The Labute approximate surface area is 269 Å². The van der Waals surface area contributed by atoms with E-state index in [1.807, 2.05) is 50.2 Å². The molecular formula is C34H35Cl2N3O4S. The molecule has 4 rings (SSSR count). The molecule has 0 bridgehead atoms. The Kier molecular flexibility index (Phi) is 11.4. The summed E-state index contributed by atoms with van der Waals surface area (Å²) in [6.45, 7) is 3.28. The second kappa shape index (κ2) is 15.2. The summed E-state index contributed by atoms with van der Waals surface area (Å²) in [7, 11) is -4.23. The van der Waals surface area contributed by atoms with Gasteiger partial charge in [-0.2, -0.15) is 0 Å². The zero-order valence-electron chi connectivity index (χ0n) is 24.6. The zero-order chi connectivity index (χ0) is 31.7. The van der Waals surface area contributed by atoms with Crippen molar-refractivity contribution in [3.63, 3.8) is 0 Å². The normalized spacial score (nSPS) is 12.6. The molecule has 44 heavy (non-hydrogen) atoms. The molecule has 0 spiro atoms. The minimum absolute atomic E-state index is 0.00413. The number of hydrogen-bond donors (Lipinski definition) is 1. The van der Waals surface area contributed by atoms with Gasteiger partial charge in [0.25, 0.3) is 10.0 Å². The predicted molar refractivity (Wildman–Crippen MR) is 176 cm³/mol. The third-order valence-electron chi connectivity index (χ3n) is 7.25. The van der Waals surface area contributed by atoms with Gasteiger partial charge in [-0.3, -0.25) is 13.9 Å². The summed E-state index contributed by atoms with van der Waals surface area (Å²) in [5.74, 6) is -0.918. The number of benzene rings is 4. The summed E-state index contributed by atoms with van der Waals surface area (Å²) in [6.07, 6.45) is 0.911. The molecule has 0 saturated heterocycles. The van der Waals surface area contributed by atoms with E-state index in [9.17, 15) is 18.0 Å². The Morgan fingerprint density at radius 3 is 2.07 bits per heavy atom. The van der Waals surface area contributed by atoms with Gasteiger partial charge < -0.3 is 10.2 Å². The number of nitrogens with one attached hydrogen (secondary N) is 1. The molecule has 7 nitrogen and oxygen atoms in total. The average molecular weight is 653 g/mol. The molecule has 0 saturated carbocycles. The fourth-order valence-corrected chi connectivity index (χ4v) is 6.67. The maximum atomic E-state index is 14.5. The second-order valence-electron chi connectivity index (χ2n) is 10.5. The van der Waals surface area contributed by atoms with Crippen molar-refractivity contribution in [1.82, 2.24) is 10.2 Å². The minimum atomic E-state index is -4.23. The van der Waals surface area contributed by atoms with E-state index in [1.165, 1.54) is 17.0 Å². The summed E-state index contributed by atoms with van der Waals surface area (Å²) < 4.78 is 29.1. The van der Waals surface area contributed by atoms with Gasteiger partial charge in [0.2, 0.25) is 11.8 Å². The average Bonchev–Trinajstić information content (AvgIpc) is 3.02. The number of sulfonamides is 1. The van der Waals surface area contributed by atoms with Crippen molar-refractivity contribution in [3.8, 4) is 0 Å². The minimum Gasteiger partial charge on any atom is -0.352 e. The lowest BCUT2D eigenvalue weighted by atomic mass is 10.0. The standard InChI is InChI=1S/C34H35Cl2N3O4S/c1-3-25(2)37-34(41)32(22-26-13-6-4-7-14-26)38(23-27-15-12-16-28(35)21-27)33(40)24-39(31-20-11-10-19-30(31)36)44(42,43)29-17-8-5-9-18-29/h4-21,25,32H,3,22-24H2,1-2H3,(H,37,41)/t25-,32+/m0/s1. The lowest BCUT2D eigenvalue weighted by Gasteiger charge is -2.34. The van der Waals surface area contributed by atoms with Gasteiger partial charge in [-0.15, -0.1) is 0 Å². The van der Waals surface area contributed by atoms with Gasteiger partial charge in [0.1, 0.15) is 12.6 Å². The summed E-state index contributed by atoms with van der Waals surface area (Å²) in [6, 6.07) is 29.6. The topological polar surface area (TPSA) is 86.8 Å². The number of halogens is 2. The zero-order valence-corrected chi connectivity index (χ0v) is 26.9. The Morgan fingerprint density at radius 2 is 1.43 bits per heavy atom. The van der Waals surface area contributed by atoms with Crippen molar-refractivity contribution in [3.05, 3.63) is 130 Å². The number of rotatable bonds is 13. The highest BCUT2D eigenvalue weighted by Gasteiger charge is 2.35. The van der Waals surface area contributed by atoms with Crippen LogP contribution in [0, 0.1) is 0 Å². The van der Waals surface area contributed by atoms with Gasteiger partial charge in [-0.1, -0.05) is 103 Å². The van der Waals surface area contributed by atoms with Crippen LogP contribution in [-0.4, -0.2) is 43.8 Å². The van der Waals surface area contributed by atoms with Crippen LogP contribution in [0.25, 0.3) is 0 Å². The lowest BCUT2D eigenvalue weighted by Crippen LogP contribution is -2.54. The molecule has 0 aliphatic rings. The highest BCUT2D eigenvalue weighted by Crippen LogP contribution is 2.31. The number of nitrogens with zero attached hydrogens (tertiary/aromatic N) is 2. The smallest absolute Gasteiger partial charge is 0.264 e. The van der Waals surface area contributed by atoms with E-state index in [4.69, 9.17) is 23.2 Å². The molecule has 0 fully saturated rings. The monoisotopic (exact) mass is 651 g/mol. The number of para-hydroxylation sites is 1. The predicted octanol–water partition coefficient (Wildman–Crippen LogP) is 6.74. The molecule has 0 unspecified atom stereocenters. The van der Waals surface area contributed by atoms with Gasteiger partial charge in [0.15, 0.2) is 0 Å². The van der Waals surface area contributed by atoms with Crippen LogP contribution in [0.15, 0.2) is 114 Å². The van der Waals surface area contributed by atoms with Gasteiger partial charge >= 0.3 is 0 Å². The van der Waals surface area contributed by atoms with Crippen LogP contribution in [0.3, 0.4) is 0 Å². The SMILES string of the molecule is CC[C@H](C)NC(=O)[C@@H](Cc1ccccc1)N(Cc1cccc(Cl)c1)C(=O)CN(c1ccccc1Cl)S(=O)(=O)c1ccccc1. The Bertz CT molecular complexity index is 1670. The molecule has 0 aliphatic heterocycles. The van der Waals surface area contributed by atoms with Gasteiger partial charge in [0.05, 0.1) is 15.6 Å². The van der Waals surface area contributed by atoms with Crippen LogP contribution in [0.1, 0.15) is 31.4 Å². The first-order valence-electron chi connectivity index (χ1n) is 14.3.